The number of rotatable bonds is 7. The number of hydrogen-bond donors (Lipinski definition) is 1. The second-order valence-electron chi connectivity index (χ2n) is 5.84. The monoisotopic (exact) mass is 388 g/mol. The molecule has 24 heavy (non-hydrogen) atoms. The zero-order chi connectivity index (χ0) is 18.9. The van der Waals surface area contributed by atoms with Gasteiger partial charge in [-0.3, -0.25) is 4.18 Å². The Labute approximate surface area is 139 Å². The summed E-state index contributed by atoms with van der Waals surface area (Å²) in [5, 5.41) is 9.45. The molecule has 0 unspecified atom stereocenters. The Hall–Kier alpha value is -1.46. The average Bonchev–Trinajstić information content (AvgIpc) is 2.31. The van der Waals surface area contributed by atoms with E-state index in [0.29, 0.717) is 12.3 Å². The molecule has 1 aromatic carbocycles. The molecule has 0 spiro atoms. The van der Waals surface area contributed by atoms with Crippen LogP contribution in [0, 0.1) is 11.6 Å². The van der Waals surface area contributed by atoms with E-state index in [1.165, 1.54) is 13.8 Å². The van der Waals surface area contributed by atoms with Gasteiger partial charge in [-0.1, -0.05) is 13.8 Å². The maximum atomic E-state index is 14.3. The molecule has 0 fully saturated rings. The maximum absolute atomic E-state index is 14.3. The number of phenols is 1. The minimum atomic E-state index is -4.09. The smallest absolute Gasteiger partial charge is 0.306 e. The van der Waals surface area contributed by atoms with Gasteiger partial charge in [0.15, 0.2) is 23.1 Å². The van der Waals surface area contributed by atoms with E-state index in [0.717, 1.165) is 6.26 Å². The first-order valence-corrected chi connectivity index (χ1v) is 10.2. The summed E-state index contributed by atoms with van der Waals surface area (Å²) in [7, 11) is -7.82. The van der Waals surface area contributed by atoms with E-state index in [4.69, 9.17) is 0 Å². The molecule has 1 rings (SSSR count). The highest BCUT2D eigenvalue weighted by Gasteiger charge is 2.33. The molecule has 1 N–H and O–H groups in total. The van der Waals surface area contributed by atoms with E-state index >= 15 is 0 Å². The van der Waals surface area contributed by atoms with Gasteiger partial charge in [-0.05, 0) is 11.8 Å². The molecule has 7 nitrogen and oxygen atoms in total. The molecule has 0 heterocycles. The van der Waals surface area contributed by atoms with Gasteiger partial charge >= 0.3 is 10.1 Å². The third-order valence-corrected chi connectivity index (χ3v) is 4.18. The average molecular weight is 388 g/mol. The summed E-state index contributed by atoms with van der Waals surface area (Å²) in [4.78, 5) is 0. The van der Waals surface area contributed by atoms with Crippen LogP contribution in [0.2, 0.25) is 0 Å². The van der Waals surface area contributed by atoms with Crippen LogP contribution in [0.15, 0.2) is 6.07 Å². The van der Waals surface area contributed by atoms with Crippen LogP contribution in [-0.2, 0) is 29.8 Å². The Balaban J connectivity index is 3.35. The van der Waals surface area contributed by atoms with Gasteiger partial charge < -0.3 is 9.29 Å². The molecular formula is C13H18F2O7S2. The van der Waals surface area contributed by atoms with E-state index in [9.17, 15) is 30.7 Å². The summed E-state index contributed by atoms with van der Waals surface area (Å²) >= 11 is 0. The molecule has 0 amide bonds. The van der Waals surface area contributed by atoms with Crippen molar-refractivity contribution in [3.05, 3.63) is 23.3 Å². The van der Waals surface area contributed by atoms with Crippen molar-refractivity contribution in [3.63, 3.8) is 0 Å². The Morgan fingerprint density at radius 3 is 2.12 bits per heavy atom. The van der Waals surface area contributed by atoms with Crippen LogP contribution in [0.1, 0.15) is 25.8 Å². The molecule has 0 saturated carbocycles. The molecule has 0 radical (unpaired) electrons. The fourth-order valence-electron chi connectivity index (χ4n) is 2.02. The van der Waals surface area contributed by atoms with E-state index in [2.05, 4.69) is 8.37 Å². The van der Waals surface area contributed by atoms with E-state index in [1.54, 1.807) is 0 Å². The number of phenolic OH excluding ortho intramolecular Hbond substituents is 1. The Morgan fingerprint density at radius 1 is 1.12 bits per heavy atom. The van der Waals surface area contributed by atoms with Crippen LogP contribution in [-0.4, -0.2) is 41.1 Å². The second kappa shape index (κ2) is 6.81. The van der Waals surface area contributed by atoms with Crippen molar-refractivity contribution in [3.8, 4) is 11.5 Å². The van der Waals surface area contributed by atoms with Crippen molar-refractivity contribution < 1.29 is 39.1 Å². The number of halogens is 2. The summed E-state index contributed by atoms with van der Waals surface area (Å²) in [6.07, 6.45) is 1.45. The lowest BCUT2D eigenvalue weighted by Crippen LogP contribution is -2.24. The van der Waals surface area contributed by atoms with Gasteiger partial charge in [0.05, 0.1) is 19.1 Å². The highest BCUT2D eigenvalue weighted by molar-refractivity contribution is 7.86. The number of hydrogen-bond acceptors (Lipinski definition) is 7. The van der Waals surface area contributed by atoms with E-state index in [-0.39, 0.29) is 13.0 Å². The molecule has 0 aliphatic carbocycles. The largest absolute Gasteiger partial charge is 0.503 e. The summed E-state index contributed by atoms with van der Waals surface area (Å²) in [6, 6.07) is 0.550. The van der Waals surface area contributed by atoms with Gasteiger partial charge in [-0.25, -0.2) is 8.78 Å². The third-order valence-electron chi connectivity index (χ3n) is 3.10. The van der Waals surface area contributed by atoms with Crippen molar-refractivity contribution in [1.29, 1.82) is 0 Å². The van der Waals surface area contributed by atoms with Crippen molar-refractivity contribution in [2.45, 2.75) is 25.7 Å². The maximum Gasteiger partial charge on any atom is 0.306 e. The Bertz CT molecular complexity index is 830. The van der Waals surface area contributed by atoms with Crippen molar-refractivity contribution in [1.82, 2.24) is 0 Å². The Morgan fingerprint density at radius 2 is 1.67 bits per heavy atom. The fourth-order valence-corrected chi connectivity index (χ4v) is 2.86. The van der Waals surface area contributed by atoms with Gasteiger partial charge in [-0.2, -0.15) is 16.8 Å². The lowest BCUT2D eigenvalue weighted by molar-refractivity contribution is 0.272. The lowest BCUT2D eigenvalue weighted by atomic mass is 9.80. The zero-order valence-electron chi connectivity index (χ0n) is 13.5. The summed E-state index contributed by atoms with van der Waals surface area (Å²) in [6.45, 7) is 2.54. The lowest BCUT2D eigenvalue weighted by Gasteiger charge is -2.27. The van der Waals surface area contributed by atoms with E-state index < -0.39 is 54.3 Å². The molecule has 1 aromatic rings. The summed E-state index contributed by atoms with van der Waals surface area (Å²) in [5.41, 5.74) is -1.65. The molecule has 0 saturated heterocycles. The third kappa shape index (κ3) is 5.56. The predicted octanol–water partition coefficient (Wildman–Crippen LogP) is 1.65. The van der Waals surface area contributed by atoms with Gasteiger partial charge in [0.2, 0.25) is 0 Å². The molecule has 138 valence electrons. The minimum Gasteiger partial charge on any atom is -0.503 e. The van der Waals surface area contributed by atoms with Crippen LogP contribution in [0.4, 0.5) is 8.78 Å². The highest BCUT2D eigenvalue weighted by atomic mass is 32.2. The zero-order valence-corrected chi connectivity index (χ0v) is 15.1. The van der Waals surface area contributed by atoms with Crippen LogP contribution in [0.25, 0.3) is 0 Å². The molecule has 11 heteroatoms. The first-order valence-electron chi connectivity index (χ1n) is 6.59. The van der Waals surface area contributed by atoms with Crippen LogP contribution < -0.4 is 4.18 Å². The Kier molecular flexibility index (Phi) is 5.84. The number of aromatic hydroxyl groups is 1. The molecule has 0 atom stereocenters. The summed E-state index contributed by atoms with van der Waals surface area (Å²) in [5.74, 6) is -4.70. The fraction of sp³-hybridized carbons (Fsp3) is 0.538. The molecule has 0 bridgehead atoms. The first-order chi connectivity index (χ1) is 10.6. The van der Waals surface area contributed by atoms with Gasteiger partial charge in [0, 0.05) is 11.6 Å². The molecule has 0 aliphatic heterocycles. The predicted molar refractivity (Wildman–Crippen MR) is 81.9 cm³/mol. The van der Waals surface area contributed by atoms with Crippen LogP contribution >= 0.6 is 0 Å². The summed E-state index contributed by atoms with van der Waals surface area (Å²) < 4.78 is 81.6. The van der Waals surface area contributed by atoms with E-state index in [1.807, 2.05) is 0 Å². The minimum absolute atomic E-state index is 0.0812. The quantitative estimate of drug-likeness (QED) is 0.708. The van der Waals surface area contributed by atoms with Crippen LogP contribution in [0.3, 0.4) is 0 Å². The van der Waals surface area contributed by atoms with Crippen molar-refractivity contribution >= 4 is 20.2 Å². The van der Waals surface area contributed by atoms with Gasteiger partial charge in [-0.15, -0.1) is 0 Å². The van der Waals surface area contributed by atoms with Crippen molar-refractivity contribution in [2.75, 3.05) is 19.1 Å². The standard InChI is InChI=1S/C13H18F2O7S2/c1-13(2,5-6-21-23(3,17)18)10-9(22-24(4,19)20)7-8(14)12(16)11(10)15/h7,16H,5-6H2,1-4H3. The van der Waals surface area contributed by atoms with Crippen molar-refractivity contribution in [2.24, 2.45) is 0 Å². The SMILES string of the molecule is CC(C)(CCOS(C)(=O)=O)c1c(OS(C)(=O)=O)cc(F)c(O)c1F. The number of benzene rings is 1. The van der Waals surface area contributed by atoms with Crippen LogP contribution in [0.5, 0.6) is 11.5 Å². The van der Waals surface area contributed by atoms with Gasteiger partial charge in [0.1, 0.15) is 0 Å². The normalized spacial score (nSPS) is 13.1. The molecule has 0 aliphatic rings. The van der Waals surface area contributed by atoms with Gasteiger partial charge in [0.25, 0.3) is 10.1 Å². The second-order valence-corrected chi connectivity index (χ2v) is 9.06. The molecule has 0 aromatic heterocycles. The molecular weight excluding hydrogens is 370 g/mol. The highest BCUT2D eigenvalue weighted by Crippen LogP contribution is 2.41. The topological polar surface area (TPSA) is 107 Å². The first kappa shape index (κ1) is 20.6.